The molecule has 1 aromatic heterocycles. The second kappa shape index (κ2) is 4.90. The summed E-state index contributed by atoms with van der Waals surface area (Å²) in [6.45, 7) is 0. The Bertz CT molecular complexity index is 465. The second-order valence-corrected chi connectivity index (χ2v) is 5.82. The number of fused-ring (bicyclic) bond motifs is 2. The van der Waals surface area contributed by atoms with Crippen molar-refractivity contribution in [2.24, 2.45) is 0 Å². The van der Waals surface area contributed by atoms with Crippen molar-refractivity contribution in [2.45, 2.75) is 42.3 Å². The Morgan fingerprint density at radius 3 is 3.11 bits per heavy atom. The molecule has 3 heterocycles. The van der Waals surface area contributed by atoms with Gasteiger partial charge in [-0.25, -0.2) is 0 Å². The first-order valence-corrected chi connectivity index (χ1v) is 7.55. The number of hydrogen-bond donors (Lipinski definition) is 2. The molecule has 2 N–H and O–H groups in total. The lowest BCUT2D eigenvalue weighted by molar-refractivity contribution is 0.0925. The van der Waals surface area contributed by atoms with Crippen LogP contribution in [0.2, 0.25) is 0 Å². The van der Waals surface area contributed by atoms with E-state index in [1.807, 2.05) is 18.4 Å². The van der Waals surface area contributed by atoms with Crippen LogP contribution >= 0.6 is 11.8 Å². The van der Waals surface area contributed by atoms with Crippen LogP contribution in [0.25, 0.3) is 0 Å². The summed E-state index contributed by atoms with van der Waals surface area (Å²) in [6, 6.07) is 5.10. The summed E-state index contributed by atoms with van der Waals surface area (Å²) in [5, 5.41) is 6.62. The summed E-state index contributed by atoms with van der Waals surface area (Å²) in [5.74, 6) is -0.0507. The lowest BCUT2D eigenvalue weighted by Crippen LogP contribution is -2.43. The minimum absolute atomic E-state index is 0.0507. The molecule has 1 aromatic rings. The molecule has 3 atom stereocenters. The highest BCUT2D eigenvalue weighted by Gasteiger charge is 2.39. The Morgan fingerprint density at radius 2 is 2.44 bits per heavy atom. The number of thioether (sulfide) groups is 1. The molecule has 2 aliphatic rings. The lowest BCUT2D eigenvalue weighted by Gasteiger charge is -2.21. The van der Waals surface area contributed by atoms with Crippen molar-refractivity contribution in [3.63, 3.8) is 0 Å². The van der Waals surface area contributed by atoms with Crippen LogP contribution in [0.5, 0.6) is 0 Å². The largest absolute Gasteiger partial charge is 0.346 e. The number of nitrogens with one attached hydrogen (secondary N) is 2. The van der Waals surface area contributed by atoms with Crippen molar-refractivity contribution in [3.8, 4) is 0 Å². The number of pyridine rings is 1. The average Bonchev–Trinajstić information content (AvgIpc) is 3.01. The van der Waals surface area contributed by atoms with E-state index in [9.17, 15) is 4.79 Å². The van der Waals surface area contributed by atoms with Gasteiger partial charge in [-0.05, 0) is 37.7 Å². The molecule has 2 aliphatic heterocycles. The van der Waals surface area contributed by atoms with Gasteiger partial charge in [0.2, 0.25) is 0 Å². The van der Waals surface area contributed by atoms with Gasteiger partial charge in [-0.3, -0.25) is 9.78 Å². The zero-order valence-corrected chi connectivity index (χ0v) is 11.2. The van der Waals surface area contributed by atoms with E-state index in [4.69, 9.17) is 0 Å². The van der Waals surface area contributed by atoms with Crippen molar-refractivity contribution in [2.75, 3.05) is 6.26 Å². The van der Waals surface area contributed by atoms with Gasteiger partial charge >= 0.3 is 0 Å². The van der Waals surface area contributed by atoms with Gasteiger partial charge in [0.1, 0.15) is 5.69 Å². The van der Waals surface area contributed by atoms with Gasteiger partial charge in [-0.1, -0.05) is 0 Å². The van der Waals surface area contributed by atoms with Crippen LogP contribution in [-0.4, -0.2) is 35.3 Å². The highest BCUT2D eigenvalue weighted by Crippen LogP contribution is 2.28. The van der Waals surface area contributed by atoms with E-state index < -0.39 is 0 Å². The van der Waals surface area contributed by atoms with E-state index in [1.54, 1.807) is 18.0 Å². The standard InChI is InChI=1S/C13H17N3OS/c1-18-9-4-5-14-12(7-9)13(17)16-11-6-8-2-3-10(11)15-8/h4-5,7-8,10-11,15H,2-3,6H2,1H3,(H,16,17)/t8-,10+,11-/m1/s1. The molecule has 0 aliphatic carbocycles. The molecule has 18 heavy (non-hydrogen) atoms. The predicted molar refractivity (Wildman–Crippen MR) is 71.8 cm³/mol. The van der Waals surface area contributed by atoms with Gasteiger partial charge in [0.15, 0.2) is 0 Å². The first-order chi connectivity index (χ1) is 8.76. The molecule has 0 unspecified atom stereocenters. The minimum atomic E-state index is -0.0507. The molecule has 1 amide bonds. The molecule has 2 saturated heterocycles. The number of hydrogen-bond acceptors (Lipinski definition) is 4. The Labute approximate surface area is 111 Å². The molecular formula is C13H17N3OS. The van der Waals surface area contributed by atoms with E-state index in [1.165, 1.54) is 12.8 Å². The summed E-state index contributed by atoms with van der Waals surface area (Å²) < 4.78 is 0. The van der Waals surface area contributed by atoms with E-state index in [2.05, 4.69) is 15.6 Å². The van der Waals surface area contributed by atoms with Crippen LogP contribution < -0.4 is 10.6 Å². The maximum atomic E-state index is 12.1. The fraction of sp³-hybridized carbons (Fsp3) is 0.538. The molecule has 0 saturated carbocycles. The molecule has 0 radical (unpaired) electrons. The summed E-state index contributed by atoms with van der Waals surface area (Å²) >= 11 is 1.62. The number of rotatable bonds is 3. The molecular weight excluding hydrogens is 246 g/mol. The lowest BCUT2D eigenvalue weighted by atomic mass is 9.95. The normalized spacial score (nSPS) is 29.5. The zero-order chi connectivity index (χ0) is 12.5. The van der Waals surface area contributed by atoms with Gasteiger partial charge in [0, 0.05) is 29.2 Å². The monoisotopic (exact) mass is 263 g/mol. The summed E-state index contributed by atoms with van der Waals surface area (Å²) in [6.07, 6.45) is 7.17. The van der Waals surface area contributed by atoms with Crippen LogP contribution in [-0.2, 0) is 0 Å². The number of carbonyl (C=O) groups is 1. The topological polar surface area (TPSA) is 54.0 Å². The van der Waals surface area contributed by atoms with Crippen LogP contribution in [0.1, 0.15) is 29.8 Å². The fourth-order valence-electron chi connectivity index (χ4n) is 2.89. The molecule has 96 valence electrons. The summed E-state index contributed by atoms with van der Waals surface area (Å²) in [7, 11) is 0. The van der Waals surface area contributed by atoms with Crippen LogP contribution in [0.15, 0.2) is 23.2 Å². The smallest absolute Gasteiger partial charge is 0.270 e. The van der Waals surface area contributed by atoms with Crippen molar-refractivity contribution >= 4 is 17.7 Å². The van der Waals surface area contributed by atoms with Gasteiger partial charge in [-0.2, -0.15) is 0 Å². The van der Waals surface area contributed by atoms with Gasteiger partial charge in [0.05, 0.1) is 0 Å². The first-order valence-electron chi connectivity index (χ1n) is 6.33. The SMILES string of the molecule is CSc1ccnc(C(=O)N[C@@H]2C[C@H]3CC[C@@H]2N3)c1. The van der Waals surface area contributed by atoms with Crippen molar-refractivity contribution < 1.29 is 4.79 Å². The quantitative estimate of drug-likeness (QED) is 0.810. The maximum absolute atomic E-state index is 12.1. The highest BCUT2D eigenvalue weighted by molar-refractivity contribution is 7.98. The van der Waals surface area contributed by atoms with E-state index >= 15 is 0 Å². The zero-order valence-electron chi connectivity index (χ0n) is 10.3. The number of amides is 1. The number of carbonyl (C=O) groups excluding carboxylic acids is 1. The third kappa shape index (κ3) is 2.24. The number of nitrogens with zero attached hydrogens (tertiary/aromatic N) is 1. The van der Waals surface area contributed by atoms with Gasteiger partial charge in [0.25, 0.3) is 5.91 Å². The predicted octanol–water partition coefficient (Wildman–Crippen LogP) is 1.43. The third-order valence-electron chi connectivity index (χ3n) is 3.82. The van der Waals surface area contributed by atoms with Crippen LogP contribution in [0, 0.1) is 0 Å². The maximum Gasteiger partial charge on any atom is 0.270 e. The van der Waals surface area contributed by atoms with Crippen molar-refractivity contribution in [3.05, 3.63) is 24.0 Å². The molecule has 4 nitrogen and oxygen atoms in total. The van der Waals surface area contributed by atoms with Crippen LogP contribution in [0.4, 0.5) is 0 Å². The van der Waals surface area contributed by atoms with Gasteiger partial charge in [-0.15, -0.1) is 11.8 Å². The third-order valence-corrected chi connectivity index (χ3v) is 4.54. The summed E-state index contributed by atoms with van der Waals surface area (Å²) in [4.78, 5) is 17.4. The first kappa shape index (κ1) is 12.0. The molecule has 3 rings (SSSR count). The number of aromatic nitrogens is 1. The minimum Gasteiger partial charge on any atom is -0.346 e. The Kier molecular flexibility index (Phi) is 3.26. The molecule has 5 heteroatoms. The summed E-state index contributed by atoms with van der Waals surface area (Å²) in [5.41, 5.74) is 0.518. The molecule has 2 bridgehead atoms. The van der Waals surface area contributed by atoms with E-state index in [0.29, 0.717) is 17.8 Å². The average molecular weight is 263 g/mol. The Balaban J connectivity index is 1.67. The Morgan fingerprint density at radius 1 is 1.56 bits per heavy atom. The van der Waals surface area contributed by atoms with E-state index in [-0.39, 0.29) is 11.9 Å². The molecule has 0 aromatic carbocycles. The van der Waals surface area contributed by atoms with Crippen molar-refractivity contribution in [1.29, 1.82) is 0 Å². The van der Waals surface area contributed by atoms with Crippen LogP contribution in [0.3, 0.4) is 0 Å². The fourth-order valence-corrected chi connectivity index (χ4v) is 3.31. The van der Waals surface area contributed by atoms with Gasteiger partial charge < -0.3 is 10.6 Å². The highest BCUT2D eigenvalue weighted by atomic mass is 32.2. The van der Waals surface area contributed by atoms with Crippen molar-refractivity contribution in [1.82, 2.24) is 15.6 Å². The molecule has 2 fully saturated rings. The Hall–Kier alpha value is -1.07. The second-order valence-electron chi connectivity index (χ2n) is 4.94. The molecule has 0 spiro atoms. The van der Waals surface area contributed by atoms with E-state index in [0.717, 1.165) is 11.3 Å².